The number of aliphatic hydroxyl groups excluding tert-OH is 1. The Kier molecular flexibility index (Phi) is 3.68. The van der Waals surface area contributed by atoms with Crippen molar-refractivity contribution in [2.45, 2.75) is 36.4 Å². The van der Waals surface area contributed by atoms with Gasteiger partial charge in [-0.3, -0.25) is 0 Å². The molecule has 0 radical (unpaired) electrons. The summed E-state index contributed by atoms with van der Waals surface area (Å²) in [5.74, 6) is 2.32. The molecule has 114 valence electrons. The van der Waals surface area contributed by atoms with Crippen molar-refractivity contribution < 1.29 is 9.63 Å². The maximum atomic E-state index is 9.33. The topological polar surface area (TPSA) is 89.9 Å². The van der Waals surface area contributed by atoms with Gasteiger partial charge in [0.25, 0.3) is 0 Å². The molecule has 0 saturated heterocycles. The van der Waals surface area contributed by atoms with Crippen LogP contribution in [0.5, 0.6) is 0 Å². The number of thioether (sulfide) groups is 1. The van der Waals surface area contributed by atoms with Crippen LogP contribution >= 0.6 is 23.1 Å². The molecule has 1 aliphatic carbocycles. The molecular formula is C13H13N5O2S2. The number of thiophene rings is 1. The lowest BCUT2D eigenvalue weighted by atomic mass is 10.3. The number of aliphatic hydroxyl groups is 1. The highest BCUT2D eigenvalue weighted by Gasteiger charge is 2.29. The Labute approximate surface area is 134 Å². The molecule has 3 aromatic rings. The lowest BCUT2D eigenvalue weighted by molar-refractivity contribution is 0.263. The van der Waals surface area contributed by atoms with Gasteiger partial charge in [-0.2, -0.15) is 16.3 Å². The van der Waals surface area contributed by atoms with E-state index in [0.29, 0.717) is 29.3 Å². The van der Waals surface area contributed by atoms with Gasteiger partial charge in [0.15, 0.2) is 11.0 Å². The van der Waals surface area contributed by atoms with Crippen LogP contribution in [0.2, 0.25) is 0 Å². The van der Waals surface area contributed by atoms with E-state index in [4.69, 9.17) is 4.52 Å². The van der Waals surface area contributed by atoms with Gasteiger partial charge in [0.05, 0.1) is 5.75 Å². The van der Waals surface area contributed by atoms with Crippen LogP contribution in [0.3, 0.4) is 0 Å². The van der Waals surface area contributed by atoms with Crippen LogP contribution in [-0.4, -0.2) is 30.0 Å². The molecular weight excluding hydrogens is 322 g/mol. The van der Waals surface area contributed by atoms with Crippen molar-refractivity contribution in [3.63, 3.8) is 0 Å². The second-order valence-electron chi connectivity index (χ2n) is 4.97. The fourth-order valence-electron chi connectivity index (χ4n) is 2.16. The van der Waals surface area contributed by atoms with E-state index in [1.807, 2.05) is 21.4 Å². The molecule has 3 heterocycles. The first kappa shape index (κ1) is 13.9. The Bertz CT molecular complexity index is 763. The molecule has 9 heteroatoms. The molecule has 1 fully saturated rings. The van der Waals surface area contributed by atoms with Crippen molar-refractivity contribution in [1.29, 1.82) is 0 Å². The summed E-state index contributed by atoms with van der Waals surface area (Å²) in [6, 6.07) is 2.38. The number of rotatable bonds is 6. The van der Waals surface area contributed by atoms with Crippen molar-refractivity contribution in [3.8, 4) is 11.4 Å². The van der Waals surface area contributed by atoms with E-state index in [1.54, 1.807) is 11.3 Å². The Morgan fingerprint density at radius 3 is 3.05 bits per heavy atom. The van der Waals surface area contributed by atoms with Crippen molar-refractivity contribution in [2.24, 2.45) is 0 Å². The molecule has 0 unspecified atom stereocenters. The number of nitrogens with zero attached hydrogens (tertiary/aromatic N) is 5. The molecule has 22 heavy (non-hydrogen) atoms. The van der Waals surface area contributed by atoms with E-state index in [9.17, 15) is 5.11 Å². The summed E-state index contributed by atoms with van der Waals surface area (Å²) in [6.45, 7) is -0.0904. The fraction of sp³-hybridized carbons (Fsp3) is 0.385. The summed E-state index contributed by atoms with van der Waals surface area (Å²) in [5.41, 5.74) is 0.966. The molecule has 1 N–H and O–H groups in total. The van der Waals surface area contributed by atoms with Crippen LogP contribution in [0.15, 0.2) is 26.5 Å². The van der Waals surface area contributed by atoms with Crippen molar-refractivity contribution in [1.82, 2.24) is 24.9 Å². The number of aromatic nitrogens is 5. The summed E-state index contributed by atoms with van der Waals surface area (Å²) in [6.07, 6.45) is 2.23. The smallest absolute Gasteiger partial charge is 0.237 e. The van der Waals surface area contributed by atoms with Crippen molar-refractivity contribution in [3.05, 3.63) is 28.5 Å². The third-order valence-electron chi connectivity index (χ3n) is 3.36. The third kappa shape index (κ3) is 2.67. The molecule has 0 amide bonds. The second-order valence-corrected chi connectivity index (χ2v) is 6.69. The first-order valence-electron chi connectivity index (χ1n) is 6.87. The van der Waals surface area contributed by atoms with E-state index in [1.165, 1.54) is 11.8 Å². The molecule has 0 spiro atoms. The lowest BCUT2D eigenvalue weighted by Gasteiger charge is -2.05. The number of hydrogen-bond donors (Lipinski definition) is 1. The molecule has 1 saturated carbocycles. The second kappa shape index (κ2) is 5.82. The van der Waals surface area contributed by atoms with Crippen molar-refractivity contribution >= 4 is 23.1 Å². The summed E-state index contributed by atoms with van der Waals surface area (Å²) < 4.78 is 7.29. The zero-order chi connectivity index (χ0) is 14.9. The molecule has 1 aliphatic rings. The molecule has 7 nitrogen and oxygen atoms in total. The average molecular weight is 335 g/mol. The van der Waals surface area contributed by atoms with E-state index >= 15 is 0 Å². The first-order valence-corrected chi connectivity index (χ1v) is 8.80. The SMILES string of the molecule is OCc1nnc(SCc2nc(-c3ccsc3)no2)n1C1CC1. The lowest BCUT2D eigenvalue weighted by Crippen LogP contribution is -2.02. The van der Waals surface area contributed by atoms with Crippen LogP contribution < -0.4 is 0 Å². The predicted molar refractivity (Wildman–Crippen MR) is 81.4 cm³/mol. The van der Waals surface area contributed by atoms with Gasteiger partial charge in [-0.1, -0.05) is 16.9 Å². The average Bonchev–Trinajstić information content (AvgIpc) is 3.01. The Morgan fingerprint density at radius 1 is 1.41 bits per heavy atom. The van der Waals surface area contributed by atoms with E-state index in [2.05, 4.69) is 20.3 Å². The van der Waals surface area contributed by atoms with Crippen LogP contribution in [0.25, 0.3) is 11.4 Å². The Hall–Kier alpha value is -1.71. The largest absolute Gasteiger partial charge is 0.388 e. The fourth-order valence-corrected chi connectivity index (χ4v) is 3.66. The molecule has 3 aromatic heterocycles. The summed E-state index contributed by atoms with van der Waals surface area (Å²) >= 11 is 3.10. The quantitative estimate of drug-likeness (QED) is 0.692. The molecule has 0 aliphatic heterocycles. The normalized spacial score (nSPS) is 14.6. The van der Waals surface area contributed by atoms with Gasteiger partial charge in [0, 0.05) is 17.0 Å². The van der Waals surface area contributed by atoms with E-state index < -0.39 is 0 Å². The molecule has 0 bridgehead atoms. The van der Waals surface area contributed by atoms with Crippen molar-refractivity contribution in [2.75, 3.05) is 0 Å². The molecule has 4 rings (SSSR count). The molecule has 0 aromatic carbocycles. The van der Waals surface area contributed by atoms with E-state index in [-0.39, 0.29) is 6.61 Å². The number of hydrogen-bond acceptors (Lipinski definition) is 8. The van der Waals surface area contributed by atoms with Gasteiger partial charge in [-0.25, -0.2) is 0 Å². The van der Waals surface area contributed by atoms with Crippen LogP contribution in [-0.2, 0) is 12.4 Å². The van der Waals surface area contributed by atoms with Gasteiger partial charge >= 0.3 is 0 Å². The van der Waals surface area contributed by atoms with Gasteiger partial charge in [-0.15, -0.1) is 10.2 Å². The minimum atomic E-state index is -0.0904. The summed E-state index contributed by atoms with van der Waals surface area (Å²) in [4.78, 5) is 4.39. The van der Waals surface area contributed by atoms with Gasteiger partial charge in [0.2, 0.25) is 11.7 Å². The summed E-state index contributed by atoms with van der Waals surface area (Å²) in [7, 11) is 0. The van der Waals surface area contributed by atoms with Crippen LogP contribution in [0.4, 0.5) is 0 Å². The maximum absolute atomic E-state index is 9.33. The highest BCUT2D eigenvalue weighted by molar-refractivity contribution is 7.98. The van der Waals surface area contributed by atoms with Gasteiger partial charge < -0.3 is 14.2 Å². The monoisotopic (exact) mass is 335 g/mol. The Balaban J connectivity index is 1.48. The minimum absolute atomic E-state index is 0.0904. The van der Waals surface area contributed by atoms with Gasteiger partial charge in [0.1, 0.15) is 6.61 Å². The van der Waals surface area contributed by atoms with E-state index in [0.717, 1.165) is 23.6 Å². The van der Waals surface area contributed by atoms with Crippen LogP contribution in [0, 0.1) is 0 Å². The maximum Gasteiger partial charge on any atom is 0.237 e. The standard InChI is InChI=1S/C13H13N5O2S2/c19-5-10-15-16-13(18(10)9-1-2-9)22-7-11-14-12(17-20-11)8-3-4-21-6-8/h3-4,6,9,19H,1-2,5,7H2. The summed E-state index contributed by atoms with van der Waals surface area (Å²) in [5, 5.41) is 26.3. The molecule has 0 atom stereocenters. The Morgan fingerprint density at radius 2 is 2.32 bits per heavy atom. The highest BCUT2D eigenvalue weighted by atomic mass is 32.2. The predicted octanol–water partition coefficient (Wildman–Crippen LogP) is 2.51. The highest BCUT2D eigenvalue weighted by Crippen LogP contribution is 2.39. The first-order chi connectivity index (χ1) is 10.8. The zero-order valence-electron chi connectivity index (χ0n) is 11.5. The minimum Gasteiger partial charge on any atom is -0.388 e. The van der Waals surface area contributed by atoms with Crippen LogP contribution in [0.1, 0.15) is 30.6 Å². The third-order valence-corrected chi connectivity index (χ3v) is 4.97. The van der Waals surface area contributed by atoms with Gasteiger partial charge in [-0.05, 0) is 24.3 Å². The zero-order valence-corrected chi connectivity index (χ0v) is 13.2.